The molecule has 0 aliphatic heterocycles. The lowest BCUT2D eigenvalue weighted by atomic mass is 10.1. The van der Waals surface area contributed by atoms with E-state index in [4.69, 9.17) is 0 Å². The predicted molar refractivity (Wildman–Crippen MR) is 42.6 cm³/mol. The zero-order valence-corrected chi connectivity index (χ0v) is 6.65. The minimum atomic E-state index is 0.583. The van der Waals surface area contributed by atoms with E-state index >= 15 is 0 Å². The second-order valence-corrected chi connectivity index (χ2v) is 2.21. The molecular formula is C8H17N. The van der Waals surface area contributed by atoms with Gasteiger partial charge in [-0.15, -0.1) is 0 Å². The van der Waals surface area contributed by atoms with Crippen molar-refractivity contribution in [1.29, 1.82) is 0 Å². The van der Waals surface area contributed by atoms with E-state index in [1.54, 1.807) is 0 Å². The fourth-order valence-corrected chi connectivity index (χ4v) is 0.880. The summed E-state index contributed by atoms with van der Waals surface area (Å²) in [5.74, 6) is 0. The Morgan fingerprint density at radius 2 is 2.22 bits per heavy atom. The molecule has 0 amide bonds. The van der Waals surface area contributed by atoms with Gasteiger partial charge in [0.2, 0.25) is 0 Å². The summed E-state index contributed by atoms with van der Waals surface area (Å²) in [5, 5.41) is 3.22. The van der Waals surface area contributed by atoms with Gasteiger partial charge in [-0.05, 0) is 20.4 Å². The van der Waals surface area contributed by atoms with Gasteiger partial charge < -0.3 is 5.32 Å². The first-order chi connectivity index (χ1) is 4.35. The van der Waals surface area contributed by atoms with Gasteiger partial charge in [-0.3, -0.25) is 0 Å². The first kappa shape index (κ1) is 8.70. The Labute approximate surface area is 58.2 Å². The van der Waals surface area contributed by atoms with Gasteiger partial charge >= 0.3 is 0 Å². The van der Waals surface area contributed by atoms with Crippen molar-refractivity contribution >= 4 is 0 Å². The molecule has 0 saturated carbocycles. The van der Waals surface area contributed by atoms with E-state index in [1.165, 1.54) is 12.8 Å². The van der Waals surface area contributed by atoms with Gasteiger partial charge in [0.1, 0.15) is 0 Å². The standard InChI is InChI=1S/C8H17N/c1-4-6-8(9-3)7-5-2/h4,6,8-9H,5,7H2,1-3H3. The Kier molecular flexibility index (Phi) is 5.64. The fourth-order valence-electron chi connectivity index (χ4n) is 0.880. The van der Waals surface area contributed by atoms with Crippen molar-refractivity contribution in [3.05, 3.63) is 12.2 Å². The molecule has 1 N–H and O–H groups in total. The fraction of sp³-hybridized carbons (Fsp3) is 0.750. The summed E-state index contributed by atoms with van der Waals surface area (Å²) in [5.41, 5.74) is 0. The molecule has 0 rings (SSSR count). The van der Waals surface area contributed by atoms with E-state index in [1.807, 2.05) is 7.05 Å². The minimum absolute atomic E-state index is 0.583. The molecular weight excluding hydrogens is 110 g/mol. The van der Waals surface area contributed by atoms with Crippen LogP contribution in [-0.2, 0) is 0 Å². The summed E-state index contributed by atoms with van der Waals surface area (Å²) in [6.45, 7) is 4.26. The van der Waals surface area contributed by atoms with E-state index in [0.717, 1.165) is 0 Å². The number of nitrogens with one attached hydrogen (secondary N) is 1. The third-order valence-electron chi connectivity index (χ3n) is 1.40. The summed E-state index contributed by atoms with van der Waals surface area (Å²) in [7, 11) is 2.00. The van der Waals surface area contributed by atoms with Gasteiger partial charge in [0, 0.05) is 6.04 Å². The maximum Gasteiger partial charge on any atom is 0.0246 e. The van der Waals surface area contributed by atoms with Crippen molar-refractivity contribution in [3.8, 4) is 0 Å². The second-order valence-electron chi connectivity index (χ2n) is 2.21. The van der Waals surface area contributed by atoms with E-state index < -0.39 is 0 Å². The quantitative estimate of drug-likeness (QED) is 0.569. The van der Waals surface area contributed by atoms with Crippen molar-refractivity contribution in [1.82, 2.24) is 5.32 Å². The molecule has 0 aromatic rings. The van der Waals surface area contributed by atoms with E-state index in [0.29, 0.717) is 6.04 Å². The Hall–Kier alpha value is -0.300. The Morgan fingerprint density at radius 1 is 1.56 bits per heavy atom. The van der Waals surface area contributed by atoms with Gasteiger partial charge in [0.05, 0.1) is 0 Å². The molecule has 1 atom stereocenters. The topological polar surface area (TPSA) is 12.0 Å². The molecule has 0 fully saturated rings. The molecule has 1 heteroatoms. The summed E-state index contributed by atoms with van der Waals surface area (Å²) < 4.78 is 0. The zero-order chi connectivity index (χ0) is 7.11. The first-order valence-corrected chi connectivity index (χ1v) is 3.65. The Bertz CT molecular complexity index is 76.6. The van der Waals surface area contributed by atoms with Crippen LogP contribution in [0.2, 0.25) is 0 Å². The second kappa shape index (κ2) is 5.83. The van der Waals surface area contributed by atoms with Crippen LogP contribution >= 0.6 is 0 Å². The highest BCUT2D eigenvalue weighted by molar-refractivity contribution is 4.89. The average molecular weight is 127 g/mol. The SMILES string of the molecule is CC=CC(CCC)NC. The highest BCUT2D eigenvalue weighted by Gasteiger charge is 1.95. The van der Waals surface area contributed by atoms with Crippen molar-refractivity contribution in [2.75, 3.05) is 7.05 Å². The monoisotopic (exact) mass is 127 g/mol. The Balaban J connectivity index is 3.41. The molecule has 0 radical (unpaired) electrons. The average Bonchev–Trinajstić information content (AvgIpc) is 1.88. The number of allylic oxidation sites excluding steroid dienone is 1. The van der Waals surface area contributed by atoms with Crippen molar-refractivity contribution in [3.63, 3.8) is 0 Å². The van der Waals surface area contributed by atoms with Crippen LogP contribution in [0.15, 0.2) is 12.2 Å². The van der Waals surface area contributed by atoms with Crippen LogP contribution in [0.5, 0.6) is 0 Å². The van der Waals surface area contributed by atoms with Gasteiger partial charge in [0.15, 0.2) is 0 Å². The lowest BCUT2D eigenvalue weighted by molar-refractivity contribution is 0.604. The molecule has 9 heavy (non-hydrogen) atoms. The smallest absolute Gasteiger partial charge is 0.0246 e. The number of hydrogen-bond acceptors (Lipinski definition) is 1. The molecule has 0 aliphatic rings. The molecule has 54 valence electrons. The van der Waals surface area contributed by atoms with Crippen LogP contribution in [-0.4, -0.2) is 13.1 Å². The van der Waals surface area contributed by atoms with Crippen molar-refractivity contribution in [2.24, 2.45) is 0 Å². The van der Waals surface area contributed by atoms with Gasteiger partial charge in [0.25, 0.3) is 0 Å². The lowest BCUT2D eigenvalue weighted by Crippen LogP contribution is -2.21. The number of hydrogen-bond donors (Lipinski definition) is 1. The predicted octanol–water partition coefficient (Wildman–Crippen LogP) is 1.95. The van der Waals surface area contributed by atoms with Crippen LogP contribution in [0.1, 0.15) is 26.7 Å². The Morgan fingerprint density at radius 3 is 2.56 bits per heavy atom. The lowest BCUT2D eigenvalue weighted by Gasteiger charge is -2.08. The third kappa shape index (κ3) is 4.22. The highest BCUT2D eigenvalue weighted by atomic mass is 14.8. The molecule has 1 nitrogen and oxygen atoms in total. The summed E-state index contributed by atoms with van der Waals surface area (Å²) >= 11 is 0. The van der Waals surface area contributed by atoms with Crippen LogP contribution in [0.25, 0.3) is 0 Å². The highest BCUT2D eigenvalue weighted by Crippen LogP contribution is 1.96. The summed E-state index contributed by atoms with van der Waals surface area (Å²) in [6.07, 6.45) is 6.77. The van der Waals surface area contributed by atoms with Gasteiger partial charge in [-0.25, -0.2) is 0 Å². The maximum absolute atomic E-state index is 3.22. The van der Waals surface area contributed by atoms with Gasteiger partial charge in [-0.2, -0.15) is 0 Å². The molecule has 0 saturated heterocycles. The van der Waals surface area contributed by atoms with Crippen LogP contribution in [0.4, 0.5) is 0 Å². The van der Waals surface area contributed by atoms with E-state index in [-0.39, 0.29) is 0 Å². The van der Waals surface area contributed by atoms with Crippen LogP contribution in [0, 0.1) is 0 Å². The van der Waals surface area contributed by atoms with E-state index in [9.17, 15) is 0 Å². The molecule has 0 aromatic heterocycles. The van der Waals surface area contributed by atoms with Crippen LogP contribution < -0.4 is 5.32 Å². The minimum Gasteiger partial charge on any atom is -0.314 e. The first-order valence-electron chi connectivity index (χ1n) is 3.65. The largest absolute Gasteiger partial charge is 0.314 e. The van der Waals surface area contributed by atoms with E-state index in [2.05, 4.69) is 31.3 Å². The molecule has 0 aliphatic carbocycles. The summed E-state index contributed by atoms with van der Waals surface area (Å²) in [6, 6.07) is 0.583. The molecule has 0 bridgehead atoms. The van der Waals surface area contributed by atoms with Crippen LogP contribution in [0.3, 0.4) is 0 Å². The maximum atomic E-state index is 3.22. The summed E-state index contributed by atoms with van der Waals surface area (Å²) in [4.78, 5) is 0. The molecule has 0 spiro atoms. The number of likely N-dealkylation sites (N-methyl/N-ethyl adjacent to an activating group) is 1. The zero-order valence-electron chi connectivity index (χ0n) is 6.65. The molecule has 1 unspecified atom stereocenters. The molecule has 0 aromatic carbocycles. The molecule has 0 heterocycles. The van der Waals surface area contributed by atoms with Gasteiger partial charge in [-0.1, -0.05) is 25.5 Å². The number of rotatable bonds is 4. The normalized spacial score (nSPS) is 14.6. The van der Waals surface area contributed by atoms with Crippen molar-refractivity contribution in [2.45, 2.75) is 32.7 Å². The third-order valence-corrected chi connectivity index (χ3v) is 1.40. The van der Waals surface area contributed by atoms with Crippen molar-refractivity contribution < 1.29 is 0 Å².